The predicted molar refractivity (Wildman–Crippen MR) is 70.7 cm³/mol. The summed E-state index contributed by atoms with van der Waals surface area (Å²) < 4.78 is 4.75. The van der Waals surface area contributed by atoms with Gasteiger partial charge in [-0.25, -0.2) is 0 Å². The number of fused-ring (bicyclic) bond motifs is 1. The number of amides is 3. The van der Waals surface area contributed by atoms with Crippen molar-refractivity contribution in [2.75, 3.05) is 20.3 Å². The second kappa shape index (κ2) is 5.78. The fourth-order valence-corrected chi connectivity index (χ4v) is 2.83. The molecule has 2 fully saturated rings. The highest BCUT2D eigenvalue weighted by Gasteiger charge is 2.49. The van der Waals surface area contributed by atoms with Crippen LogP contribution >= 0.6 is 0 Å². The zero-order valence-corrected chi connectivity index (χ0v) is 12.0. The average molecular weight is 283 g/mol. The van der Waals surface area contributed by atoms with Crippen LogP contribution < -0.4 is 10.6 Å². The van der Waals surface area contributed by atoms with Gasteiger partial charge < -0.3 is 20.3 Å². The highest BCUT2D eigenvalue weighted by atomic mass is 16.5. The van der Waals surface area contributed by atoms with Crippen molar-refractivity contribution in [2.24, 2.45) is 5.92 Å². The number of ether oxygens (including phenoxy) is 1. The number of rotatable bonds is 4. The lowest BCUT2D eigenvalue weighted by atomic mass is 9.97. The minimum absolute atomic E-state index is 0.0482. The van der Waals surface area contributed by atoms with Crippen molar-refractivity contribution in [1.29, 1.82) is 0 Å². The first kappa shape index (κ1) is 14.8. The van der Waals surface area contributed by atoms with Crippen LogP contribution in [-0.4, -0.2) is 61.0 Å². The molecule has 0 aliphatic carbocycles. The van der Waals surface area contributed by atoms with Gasteiger partial charge in [-0.3, -0.25) is 14.4 Å². The van der Waals surface area contributed by atoms with E-state index < -0.39 is 12.1 Å². The summed E-state index contributed by atoms with van der Waals surface area (Å²) in [5, 5.41) is 5.51. The third kappa shape index (κ3) is 2.63. The predicted octanol–water partition coefficient (Wildman–Crippen LogP) is -1.13. The van der Waals surface area contributed by atoms with Gasteiger partial charge in [0, 0.05) is 13.7 Å². The van der Waals surface area contributed by atoms with Crippen LogP contribution in [0.15, 0.2) is 0 Å². The molecule has 7 heteroatoms. The number of carbonyl (C=O) groups is 3. The zero-order chi connectivity index (χ0) is 14.9. The zero-order valence-electron chi connectivity index (χ0n) is 12.0. The van der Waals surface area contributed by atoms with Crippen LogP contribution in [0.3, 0.4) is 0 Å². The molecule has 2 rings (SSSR count). The Labute approximate surface area is 118 Å². The van der Waals surface area contributed by atoms with E-state index in [9.17, 15) is 14.4 Å². The van der Waals surface area contributed by atoms with Gasteiger partial charge in [0.05, 0.1) is 6.04 Å². The van der Waals surface area contributed by atoms with E-state index in [2.05, 4.69) is 10.6 Å². The van der Waals surface area contributed by atoms with Gasteiger partial charge in [0.15, 0.2) is 0 Å². The van der Waals surface area contributed by atoms with E-state index in [-0.39, 0.29) is 36.3 Å². The van der Waals surface area contributed by atoms with Gasteiger partial charge >= 0.3 is 0 Å². The Hall–Kier alpha value is -1.63. The Morgan fingerprint density at radius 2 is 2.20 bits per heavy atom. The minimum atomic E-state index is -0.599. The Bertz CT molecular complexity index is 424. The topological polar surface area (TPSA) is 87.7 Å². The molecule has 0 aromatic heterocycles. The maximum atomic E-state index is 12.3. The minimum Gasteiger partial charge on any atom is -0.375 e. The van der Waals surface area contributed by atoms with E-state index in [1.807, 2.05) is 13.8 Å². The number of carbonyl (C=O) groups excluding carboxylic acids is 3. The number of hydrogen-bond acceptors (Lipinski definition) is 4. The average Bonchev–Trinajstić information content (AvgIpc) is 2.78. The summed E-state index contributed by atoms with van der Waals surface area (Å²) in [5.41, 5.74) is 0. The number of piperazine rings is 1. The van der Waals surface area contributed by atoms with Gasteiger partial charge in [-0.05, 0) is 12.3 Å². The van der Waals surface area contributed by atoms with Crippen molar-refractivity contribution >= 4 is 17.7 Å². The SMILES string of the molecule is COCC(=O)NC1CCN2C(=O)C(C(C)C)NC(=O)C12. The second-order valence-electron chi connectivity index (χ2n) is 5.60. The van der Waals surface area contributed by atoms with Crippen LogP contribution in [0.25, 0.3) is 0 Å². The first-order chi connectivity index (χ1) is 9.45. The van der Waals surface area contributed by atoms with Crippen LogP contribution in [0, 0.1) is 5.92 Å². The molecule has 2 N–H and O–H groups in total. The molecule has 20 heavy (non-hydrogen) atoms. The molecule has 3 unspecified atom stereocenters. The third-order valence-corrected chi connectivity index (χ3v) is 3.80. The lowest BCUT2D eigenvalue weighted by Gasteiger charge is -2.37. The van der Waals surface area contributed by atoms with Crippen LogP contribution in [-0.2, 0) is 19.1 Å². The monoisotopic (exact) mass is 283 g/mol. The van der Waals surface area contributed by atoms with Crippen molar-refractivity contribution in [3.63, 3.8) is 0 Å². The number of methoxy groups -OCH3 is 1. The van der Waals surface area contributed by atoms with Crippen LogP contribution in [0.4, 0.5) is 0 Å². The molecule has 2 aliphatic heterocycles. The maximum Gasteiger partial charge on any atom is 0.246 e. The molecule has 0 bridgehead atoms. The highest BCUT2D eigenvalue weighted by molar-refractivity contribution is 5.98. The molecule has 2 aliphatic rings. The van der Waals surface area contributed by atoms with E-state index in [4.69, 9.17) is 4.74 Å². The van der Waals surface area contributed by atoms with Gasteiger partial charge in [0.25, 0.3) is 0 Å². The molecule has 0 aromatic carbocycles. The standard InChI is InChI=1S/C13H21N3O4/c1-7(2)10-13(19)16-5-4-8(11(16)12(18)15-10)14-9(17)6-20-3/h7-8,10-11H,4-6H2,1-3H3,(H,14,17)(H,15,18). The van der Waals surface area contributed by atoms with Crippen LogP contribution in [0.1, 0.15) is 20.3 Å². The molecule has 0 spiro atoms. The fourth-order valence-electron chi connectivity index (χ4n) is 2.83. The van der Waals surface area contributed by atoms with Gasteiger partial charge in [-0.2, -0.15) is 0 Å². The first-order valence-electron chi connectivity index (χ1n) is 6.85. The summed E-state index contributed by atoms with van der Waals surface area (Å²) >= 11 is 0. The van der Waals surface area contributed by atoms with Gasteiger partial charge in [0.2, 0.25) is 17.7 Å². The molecule has 0 aromatic rings. The van der Waals surface area contributed by atoms with Crippen LogP contribution in [0.2, 0.25) is 0 Å². The molecule has 0 radical (unpaired) electrons. The first-order valence-corrected chi connectivity index (χ1v) is 6.85. The van der Waals surface area contributed by atoms with Gasteiger partial charge in [-0.15, -0.1) is 0 Å². The highest BCUT2D eigenvalue weighted by Crippen LogP contribution is 2.24. The summed E-state index contributed by atoms with van der Waals surface area (Å²) in [6.07, 6.45) is 0.587. The second-order valence-corrected chi connectivity index (χ2v) is 5.60. The molecule has 2 heterocycles. The van der Waals surface area contributed by atoms with Gasteiger partial charge in [-0.1, -0.05) is 13.8 Å². The van der Waals surface area contributed by atoms with Crippen molar-refractivity contribution in [3.05, 3.63) is 0 Å². The van der Waals surface area contributed by atoms with Crippen molar-refractivity contribution in [2.45, 2.75) is 38.4 Å². The van der Waals surface area contributed by atoms with Crippen molar-refractivity contribution < 1.29 is 19.1 Å². The molecule has 7 nitrogen and oxygen atoms in total. The fraction of sp³-hybridized carbons (Fsp3) is 0.769. The Balaban J connectivity index is 2.08. The lowest BCUT2D eigenvalue weighted by Crippen LogP contribution is -2.66. The summed E-state index contributed by atoms with van der Waals surface area (Å²) in [5.74, 6) is -0.475. The quantitative estimate of drug-likeness (QED) is 0.683. The Kier molecular flexibility index (Phi) is 4.27. The normalized spacial score (nSPS) is 29.4. The number of nitrogens with zero attached hydrogens (tertiary/aromatic N) is 1. The Morgan fingerprint density at radius 3 is 2.80 bits per heavy atom. The molecule has 3 atom stereocenters. The Morgan fingerprint density at radius 1 is 1.50 bits per heavy atom. The molecule has 112 valence electrons. The van der Waals surface area contributed by atoms with E-state index in [0.29, 0.717) is 13.0 Å². The van der Waals surface area contributed by atoms with Gasteiger partial charge in [0.1, 0.15) is 18.7 Å². The summed E-state index contributed by atoms with van der Waals surface area (Å²) in [6, 6.07) is -1.40. The summed E-state index contributed by atoms with van der Waals surface area (Å²) in [4.78, 5) is 37.7. The summed E-state index contributed by atoms with van der Waals surface area (Å²) in [7, 11) is 1.44. The van der Waals surface area contributed by atoms with E-state index in [1.165, 1.54) is 7.11 Å². The molecule has 3 amide bonds. The van der Waals surface area contributed by atoms with E-state index in [1.54, 1.807) is 4.90 Å². The molecular weight excluding hydrogens is 262 g/mol. The third-order valence-electron chi connectivity index (χ3n) is 3.80. The van der Waals surface area contributed by atoms with E-state index >= 15 is 0 Å². The van der Waals surface area contributed by atoms with Crippen molar-refractivity contribution in [1.82, 2.24) is 15.5 Å². The lowest BCUT2D eigenvalue weighted by molar-refractivity contribution is -0.149. The summed E-state index contributed by atoms with van der Waals surface area (Å²) in [6.45, 7) is 4.25. The molecule has 2 saturated heterocycles. The van der Waals surface area contributed by atoms with E-state index in [0.717, 1.165) is 0 Å². The maximum absolute atomic E-state index is 12.3. The number of hydrogen-bond donors (Lipinski definition) is 2. The van der Waals surface area contributed by atoms with Crippen LogP contribution in [0.5, 0.6) is 0 Å². The molecular formula is C13H21N3O4. The smallest absolute Gasteiger partial charge is 0.246 e. The molecule has 0 saturated carbocycles. The largest absolute Gasteiger partial charge is 0.375 e. The number of nitrogens with one attached hydrogen (secondary N) is 2. The van der Waals surface area contributed by atoms with Crippen molar-refractivity contribution in [3.8, 4) is 0 Å².